The SMILES string of the molecule is NNC1N=CC=CN1Cl. The summed E-state index contributed by atoms with van der Waals surface area (Å²) in [6, 6.07) is 0. The van der Waals surface area contributed by atoms with Crippen molar-refractivity contribution in [3.8, 4) is 0 Å². The summed E-state index contributed by atoms with van der Waals surface area (Å²) in [4.78, 5) is 3.88. The quantitative estimate of drug-likeness (QED) is 0.306. The number of halogens is 1. The molecule has 5 heteroatoms. The lowest BCUT2D eigenvalue weighted by Gasteiger charge is -2.20. The van der Waals surface area contributed by atoms with E-state index in [0.717, 1.165) is 0 Å². The molecule has 1 unspecified atom stereocenters. The van der Waals surface area contributed by atoms with Gasteiger partial charge in [-0.2, -0.15) is 0 Å². The largest absolute Gasteiger partial charge is 0.268 e. The van der Waals surface area contributed by atoms with Crippen LogP contribution >= 0.6 is 11.8 Å². The second-order valence-corrected chi connectivity index (χ2v) is 1.91. The molecule has 1 heterocycles. The molecule has 0 aromatic carbocycles. The first-order valence-corrected chi connectivity index (χ1v) is 2.78. The van der Waals surface area contributed by atoms with Crippen molar-refractivity contribution in [1.82, 2.24) is 9.84 Å². The summed E-state index contributed by atoms with van der Waals surface area (Å²) in [5.74, 6) is 5.07. The molecule has 4 nitrogen and oxygen atoms in total. The lowest BCUT2D eigenvalue weighted by molar-refractivity contribution is 0.370. The Labute approximate surface area is 58.1 Å². The zero-order chi connectivity index (χ0) is 6.69. The van der Waals surface area contributed by atoms with Crippen molar-refractivity contribution in [3.63, 3.8) is 0 Å². The van der Waals surface area contributed by atoms with Crippen molar-refractivity contribution in [3.05, 3.63) is 12.3 Å². The fourth-order valence-corrected chi connectivity index (χ4v) is 0.683. The molecule has 3 N–H and O–H groups in total. The van der Waals surface area contributed by atoms with Gasteiger partial charge >= 0.3 is 0 Å². The van der Waals surface area contributed by atoms with E-state index >= 15 is 0 Å². The third-order valence-electron chi connectivity index (χ3n) is 0.925. The van der Waals surface area contributed by atoms with E-state index in [0.29, 0.717) is 0 Å². The maximum absolute atomic E-state index is 5.57. The van der Waals surface area contributed by atoms with Gasteiger partial charge in [0, 0.05) is 24.2 Å². The van der Waals surface area contributed by atoms with Gasteiger partial charge in [-0.25, -0.2) is 5.43 Å². The number of hydrogen-bond acceptors (Lipinski definition) is 4. The average molecular weight is 147 g/mol. The lowest BCUT2D eigenvalue weighted by Crippen LogP contribution is -2.42. The van der Waals surface area contributed by atoms with Crippen molar-refractivity contribution in [1.29, 1.82) is 0 Å². The molecule has 1 rings (SSSR count). The maximum atomic E-state index is 5.57. The van der Waals surface area contributed by atoms with Crippen LogP contribution in [-0.4, -0.2) is 16.9 Å². The summed E-state index contributed by atoms with van der Waals surface area (Å²) in [6.07, 6.45) is 4.68. The van der Waals surface area contributed by atoms with Crippen LogP contribution in [0.2, 0.25) is 0 Å². The molecule has 0 fully saturated rings. The fourth-order valence-electron chi connectivity index (χ4n) is 0.511. The van der Waals surface area contributed by atoms with Gasteiger partial charge < -0.3 is 0 Å². The number of aliphatic imine (C=N–C) groups is 1. The van der Waals surface area contributed by atoms with Crippen LogP contribution in [-0.2, 0) is 0 Å². The second kappa shape index (κ2) is 2.82. The smallest absolute Gasteiger partial charge is 0.201 e. The maximum Gasteiger partial charge on any atom is 0.201 e. The van der Waals surface area contributed by atoms with Crippen molar-refractivity contribution in [2.24, 2.45) is 10.8 Å². The van der Waals surface area contributed by atoms with Crippen LogP contribution in [0.25, 0.3) is 0 Å². The minimum absolute atomic E-state index is 0.336. The first-order chi connectivity index (χ1) is 4.34. The van der Waals surface area contributed by atoms with Gasteiger partial charge in [0.1, 0.15) is 0 Å². The fraction of sp³-hybridized carbons (Fsp3) is 0.250. The third-order valence-corrected chi connectivity index (χ3v) is 1.22. The molecule has 9 heavy (non-hydrogen) atoms. The standard InChI is InChI=1S/C4H7ClN4/c5-9-3-1-2-7-4(9)8-6/h1-4,8H,6H2. The van der Waals surface area contributed by atoms with Gasteiger partial charge in [0.25, 0.3) is 0 Å². The first kappa shape index (κ1) is 6.54. The van der Waals surface area contributed by atoms with Crippen molar-refractivity contribution in [2.45, 2.75) is 6.29 Å². The molecule has 50 valence electrons. The average Bonchev–Trinajstić information content (AvgIpc) is 1.89. The Kier molecular flexibility index (Phi) is 2.05. The Morgan fingerprint density at radius 2 is 2.56 bits per heavy atom. The van der Waals surface area contributed by atoms with Gasteiger partial charge in [-0.15, -0.1) is 0 Å². The van der Waals surface area contributed by atoms with Crippen molar-refractivity contribution < 1.29 is 0 Å². The van der Waals surface area contributed by atoms with E-state index in [9.17, 15) is 0 Å². The van der Waals surface area contributed by atoms with Crippen LogP contribution in [0.4, 0.5) is 0 Å². The molecule has 0 radical (unpaired) electrons. The van der Waals surface area contributed by atoms with Gasteiger partial charge in [-0.1, -0.05) is 0 Å². The van der Waals surface area contributed by atoms with E-state index in [1.165, 1.54) is 4.42 Å². The third kappa shape index (κ3) is 1.41. The van der Waals surface area contributed by atoms with Crippen LogP contribution in [0.3, 0.4) is 0 Å². The zero-order valence-electron chi connectivity index (χ0n) is 4.66. The zero-order valence-corrected chi connectivity index (χ0v) is 5.42. The monoisotopic (exact) mass is 146 g/mol. The highest BCUT2D eigenvalue weighted by Crippen LogP contribution is 2.04. The summed E-state index contributed by atoms with van der Waals surface area (Å²) in [6.45, 7) is 0. The number of hydrogen-bond donors (Lipinski definition) is 2. The van der Waals surface area contributed by atoms with Crippen LogP contribution < -0.4 is 11.3 Å². The molecule has 0 aromatic heterocycles. The molecule has 1 atom stereocenters. The first-order valence-electron chi connectivity index (χ1n) is 2.45. The number of nitrogens with zero attached hydrogens (tertiary/aromatic N) is 2. The summed E-state index contributed by atoms with van der Waals surface area (Å²) >= 11 is 5.57. The molecule has 0 saturated heterocycles. The Balaban J connectivity index is 2.55. The highest BCUT2D eigenvalue weighted by Gasteiger charge is 2.09. The molecule has 0 aromatic rings. The van der Waals surface area contributed by atoms with Gasteiger partial charge in [-0.3, -0.25) is 15.3 Å². The van der Waals surface area contributed by atoms with Crippen LogP contribution in [0.1, 0.15) is 0 Å². The molecule has 0 saturated carbocycles. The van der Waals surface area contributed by atoms with E-state index in [-0.39, 0.29) is 6.29 Å². The number of nitrogens with one attached hydrogen (secondary N) is 1. The Morgan fingerprint density at radius 3 is 3.00 bits per heavy atom. The Bertz CT molecular complexity index is 144. The Morgan fingerprint density at radius 1 is 1.78 bits per heavy atom. The van der Waals surface area contributed by atoms with Crippen LogP contribution in [0.15, 0.2) is 17.3 Å². The van der Waals surface area contributed by atoms with Gasteiger partial charge in [0.05, 0.1) is 0 Å². The lowest BCUT2D eigenvalue weighted by atomic mass is 10.6. The number of hydrazine groups is 1. The predicted molar refractivity (Wildman–Crippen MR) is 36.4 cm³/mol. The highest BCUT2D eigenvalue weighted by molar-refractivity contribution is 6.14. The number of nitrogens with two attached hydrogens (primary N) is 1. The molecule has 0 amide bonds. The van der Waals surface area contributed by atoms with Crippen LogP contribution in [0.5, 0.6) is 0 Å². The van der Waals surface area contributed by atoms with E-state index in [1.54, 1.807) is 18.5 Å². The van der Waals surface area contributed by atoms with Crippen molar-refractivity contribution in [2.75, 3.05) is 0 Å². The predicted octanol–water partition coefficient (Wildman–Crippen LogP) is -0.213. The van der Waals surface area contributed by atoms with E-state index in [4.69, 9.17) is 17.6 Å². The topological polar surface area (TPSA) is 53.6 Å². The van der Waals surface area contributed by atoms with E-state index < -0.39 is 0 Å². The second-order valence-electron chi connectivity index (χ2n) is 1.52. The Hall–Kier alpha value is -0.580. The van der Waals surface area contributed by atoms with Crippen LogP contribution in [0, 0.1) is 0 Å². The van der Waals surface area contributed by atoms with E-state index in [1.807, 2.05) is 0 Å². The summed E-state index contributed by atoms with van der Waals surface area (Å²) in [5, 5.41) is 0. The summed E-state index contributed by atoms with van der Waals surface area (Å²) in [7, 11) is 0. The molecular formula is C4H7ClN4. The summed E-state index contributed by atoms with van der Waals surface area (Å²) < 4.78 is 1.35. The van der Waals surface area contributed by atoms with Gasteiger partial charge in [0.2, 0.25) is 6.29 Å². The minimum Gasteiger partial charge on any atom is -0.268 e. The van der Waals surface area contributed by atoms with Gasteiger partial charge in [-0.05, 0) is 6.08 Å². The molecule has 0 spiro atoms. The number of rotatable bonds is 1. The molecule has 1 aliphatic heterocycles. The molecular weight excluding hydrogens is 140 g/mol. The highest BCUT2D eigenvalue weighted by atomic mass is 35.5. The van der Waals surface area contributed by atoms with Gasteiger partial charge in [0.15, 0.2) is 0 Å². The van der Waals surface area contributed by atoms with Crippen molar-refractivity contribution >= 4 is 18.0 Å². The molecule has 1 aliphatic rings. The summed E-state index contributed by atoms with van der Waals surface area (Å²) in [5.41, 5.74) is 2.40. The normalized spacial score (nSPS) is 25.1. The molecule has 0 bridgehead atoms. The number of allylic oxidation sites excluding steroid dienone is 1. The van der Waals surface area contributed by atoms with E-state index in [2.05, 4.69) is 10.4 Å². The minimum atomic E-state index is -0.336. The molecule has 0 aliphatic carbocycles.